The van der Waals surface area contributed by atoms with Crippen LogP contribution in [-0.2, 0) is 66.9 Å². The van der Waals surface area contributed by atoms with Gasteiger partial charge in [-0.05, 0) is 200 Å². The number of aromatic nitrogens is 6. The molecule has 0 bridgehead atoms. The number of nitrogens with one attached hydrogen (secondary N) is 2. The summed E-state index contributed by atoms with van der Waals surface area (Å²) < 4.78 is 17.7. The molecule has 354 valence electrons. The van der Waals surface area contributed by atoms with Crippen LogP contribution in [0.5, 0.6) is 0 Å². The number of nitrogens with zero attached hydrogens (tertiary/aromatic N) is 7. The second kappa shape index (κ2) is 19.6. The molecule has 0 radical (unpaired) electrons. The first kappa shape index (κ1) is 49.4. The first-order chi connectivity index (χ1) is 31.0. The first-order valence-corrected chi connectivity index (χ1v) is 25.0. The monoisotopic (exact) mass is 1090 g/mol. The molecule has 9 rings (SSSR count). The Kier molecular flexibility index (Phi) is 14.7. The first-order valence-electron chi connectivity index (χ1n) is 22.6. The van der Waals surface area contributed by atoms with Gasteiger partial charge < -0.3 is 38.7 Å². The summed E-state index contributed by atoms with van der Waals surface area (Å²) in [6.07, 6.45) is 7.68. The molecular weight excluding hydrogens is 1030 g/mol. The maximum Gasteiger partial charge on any atom is 0.410 e. The normalized spacial score (nSPS) is 17.9. The molecule has 6 aromatic rings. The van der Waals surface area contributed by atoms with Crippen LogP contribution in [-0.4, -0.2) is 100 Å². The van der Waals surface area contributed by atoms with Crippen LogP contribution in [0.25, 0.3) is 33.1 Å². The van der Waals surface area contributed by atoms with Crippen LogP contribution in [0.1, 0.15) is 102 Å². The Morgan fingerprint density at radius 3 is 1.65 bits per heavy atom. The van der Waals surface area contributed by atoms with E-state index in [1.54, 1.807) is 11.8 Å². The van der Waals surface area contributed by atoms with Gasteiger partial charge in [-0.1, -0.05) is 0 Å². The SMILES string of the molecule is CC(=O)N(C)C1CCc2c(c3ccc(Br)nc3n2C)C1.CC(C)(C)OC(=O)NC1CCc2[nH]c3nc(Br)ccc3c2C1.CN(C(=O)OC(C)(C)C)C1CCc2c(c3ccc(Br)nc3n2C)C1. The number of H-pyrrole nitrogens is 1. The summed E-state index contributed by atoms with van der Waals surface area (Å²) in [5.74, 6) is 0.138. The Morgan fingerprint density at radius 1 is 0.667 bits per heavy atom. The van der Waals surface area contributed by atoms with Gasteiger partial charge in [0.1, 0.15) is 42.0 Å². The lowest BCUT2D eigenvalue weighted by molar-refractivity contribution is -0.129. The van der Waals surface area contributed by atoms with Crippen LogP contribution in [0.3, 0.4) is 0 Å². The van der Waals surface area contributed by atoms with Crippen LogP contribution in [0.4, 0.5) is 9.59 Å². The molecular formula is C49H62Br3N9O5. The third kappa shape index (κ3) is 11.1. The average molecular weight is 1100 g/mol. The molecule has 17 heteroatoms. The number of likely N-dealkylation sites (N-methyl/N-ethyl adjacent to an activating group) is 2. The zero-order valence-electron chi connectivity index (χ0n) is 39.9. The molecule has 0 saturated carbocycles. The van der Waals surface area contributed by atoms with E-state index in [2.05, 4.69) is 114 Å². The summed E-state index contributed by atoms with van der Waals surface area (Å²) in [5, 5.41) is 6.50. The fourth-order valence-electron chi connectivity index (χ4n) is 9.45. The lowest BCUT2D eigenvalue weighted by Gasteiger charge is -2.33. The number of ether oxygens (including phenoxy) is 2. The summed E-state index contributed by atoms with van der Waals surface area (Å²) in [5.41, 5.74) is 9.80. The van der Waals surface area contributed by atoms with E-state index in [-0.39, 0.29) is 30.2 Å². The van der Waals surface area contributed by atoms with Crippen molar-refractivity contribution in [3.8, 4) is 0 Å². The molecule has 0 spiro atoms. The summed E-state index contributed by atoms with van der Waals surface area (Å²) in [7, 11) is 7.88. The summed E-state index contributed by atoms with van der Waals surface area (Å²) >= 11 is 10.3. The van der Waals surface area contributed by atoms with E-state index < -0.39 is 11.2 Å². The van der Waals surface area contributed by atoms with Crippen molar-refractivity contribution in [1.29, 1.82) is 0 Å². The number of carbonyl (C=O) groups excluding carboxylic acids is 3. The van der Waals surface area contributed by atoms with E-state index >= 15 is 0 Å². The Morgan fingerprint density at radius 2 is 1.15 bits per heavy atom. The summed E-state index contributed by atoms with van der Waals surface area (Å²) in [4.78, 5) is 56.5. The van der Waals surface area contributed by atoms with Gasteiger partial charge in [-0.2, -0.15) is 0 Å². The van der Waals surface area contributed by atoms with Crippen molar-refractivity contribution in [3.05, 3.63) is 84.0 Å². The van der Waals surface area contributed by atoms with Crippen molar-refractivity contribution in [3.63, 3.8) is 0 Å². The topological polar surface area (TPSA) is 152 Å². The Hall–Kier alpha value is -4.48. The minimum atomic E-state index is -0.471. The number of fused-ring (bicyclic) bond motifs is 9. The zero-order chi connectivity index (χ0) is 48.0. The van der Waals surface area contributed by atoms with Crippen LogP contribution < -0.4 is 5.32 Å². The molecule has 2 N–H and O–H groups in total. The largest absolute Gasteiger partial charge is 0.444 e. The molecule has 6 heterocycles. The molecule has 66 heavy (non-hydrogen) atoms. The van der Waals surface area contributed by atoms with Crippen LogP contribution in [0, 0.1) is 0 Å². The maximum atomic E-state index is 12.4. The van der Waals surface area contributed by atoms with Crippen molar-refractivity contribution in [1.82, 2.24) is 44.2 Å². The van der Waals surface area contributed by atoms with Crippen molar-refractivity contribution in [2.75, 3.05) is 14.1 Å². The third-order valence-corrected chi connectivity index (χ3v) is 14.1. The number of pyridine rings is 3. The highest BCUT2D eigenvalue weighted by Crippen LogP contribution is 2.35. The molecule has 6 aromatic heterocycles. The molecule has 3 amide bonds. The standard InChI is InChI=1S/C18H24BrN3O2.C16H20BrN3O2.C15H18BrN3O/c1-18(2,3)24-17(23)21(4)11-6-8-14-13(10-11)12-7-9-15(19)20-16(12)22(14)5;1-16(2,3)22-15(21)18-9-4-6-12-11(8-9)10-5-7-13(17)20-14(10)19-12;1-9(20)18(2)10-4-6-13-12(8-10)11-5-7-14(16)17-15(11)19(13)3/h7,9,11H,6,8,10H2,1-5H3;5,7,9H,4,6,8H2,1-3H3,(H,18,21)(H,19,20);5,7,10H,4,6,8H2,1-3H3. The lowest BCUT2D eigenvalue weighted by atomic mass is 9.91. The van der Waals surface area contributed by atoms with Gasteiger partial charge in [0, 0.05) is 86.5 Å². The fraction of sp³-hybridized carbons (Fsp3) is 0.510. The lowest BCUT2D eigenvalue weighted by Crippen LogP contribution is -2.43. The van der Waals surface area contributed by atoms with Crippen LogP contribution in [0.2, 0.25) is 0 Å². The van der Waals surface area contributed by atoms with Crippen LogP contribution >= 0.6 is 47.8 Å². The molecule has 0 fully saturated rings. The molecule has 0 aromatic carbocycles. The van der Waals surface area contributed by atoms with Crippen molar-refractivity contribution < 1.29 is 23.9 Å². The molecule has 3 aliphatic carbocycles. The number of hydrogen-bond acceptors (Lipinski definition) is 8. The number of amides is 3. The fourth-order valence-corrected chi connectivity index (χ4v) is 10.4. The summed E-state index contributed by atoms with van der Waals surface area (Å²) in [6, 6.07) is 12.8. The van der Waals surface area contributed by atoms with Gasteiger partial charge in [0.05, 0.1) is 0 Å². The molecule has 3 aliphatic rings. The Bertz CT molecular complexity index is 2800. The number of rotatable bonds is 3. The molecule has 0 aliphatic heterocycles. The van der Waals surface area contributed by atoms with Gasteiger partial charge in [0.15, 0.2) is 0 Å². The second-order valence-electron chi connectivity index (χ2n) is 19.7. The predicted octanol–water partition coefficient (Wildman–Crippen LogP) is 10.4. The highest BCUT2D eigenvalue weighted by Gasteiger charge is 2.32. The van der Waals surface area contributed by atoms with E-state index in [4.69, 9.17) is 9.47 Å². The van der Waals surface area contributed by atoms with E-state index in [0.717, 1.165) is 93.9 Å². The van der Waals surface area contributed by atoms with Crippen molar-refractivity contribution in [2.24, 2.45) is 14.1 Å². The van der Waals surface area contributed by atoms with Gasteiger partial charge in [0.25, 0.3) is 0 Å². The number of hydrogen-bond donors (Lipinski definition) is 2. The maximum absolute atomic E-state index is 12.4. The quantitative estimate of drug-likeness (QED) is 0.166. The smallest absolute Gasteiger partial charge is 0.410 e. The number of carbonyl (C=O) groups is 3. The van der Waals surface area contributed by atoms with Gasteiger partial charge in [-0.3, -0.25) is 4.79 Å². The number of aryl methyl sites for hydroxylation is 3. The number of alkyl carbamates (subject to hydrolysis) is 1. The highest BCUT2D eigenvalue weighted by atomic mass is 79.9. The predicted molar refractivity (Wildman–Crippen MR) is 270 cm³/mol. The average Bonchev–Trinajstić information content (AvgIpc) is 3.84. The van der Waals surface area contributed by atoms with Crippen LogP contribution in [0.15, 0.2) is 50.2 Å². The van der Waals surface area contributed by atoms with Gasteiger partial charge in [0.2, 0.25) is 5.91 Å². The Labute approximate surface area is 412 Å². The molecule has 0 saturated heterocycles. The third-order valence-electron chi connectivity index (χ3n) is 12.8. The van der Waals surface area contributed by atoms with Gasteiger partial charge in [-0.15, -0.1) is 0 Å². The van der Waals surface area contributed by atoms with E-state index in [1.165, 1.54) is 44.5 Å². The number of aromatic amines is 1. The highest BCUT2D eigenvalue weighted by molar-refractivity contribution is 9.11. The van der Waals surface area contributed by atoms with Gasteiger partial charge in [-0.25, -0.2) is 24.5 Å². The number of halogens is 3. The van der Waals surface area contributed by atoms with Gasteiger partial charge >= 0.3 is 12.2 Å². The zero-order valence-corrected chi connectivity index (χ0v) is 44.6. The van der Waals surface area contributed by atoms with Crippen molar-refractivity contribution in [2.45, 2.75) is 136 Å². The van der Waals surface area contributed by atoms with Crippen molar-refractivity contribution >= 4 is 99.0 Å². The Balaban J connectivity index is 0.000000148. The summed E-state index contributed by atoms with van der Waals surface area (Å²) in [6.45, 7) is 12.9. The van der Waals surface area contributed by atoms with E-state index in [9.17, 15) is 14.4 Å². The molecule has 3 unspecified atom stereocenters. The van der Waals surface area contributed by atoms with E-state index in [0.29, 0.717) is 6.04 Å². The molecule has 3 atom stereocenters. The second-order valence-corrected chi connectivity index (χ2v) is 22.1. The minimum Gasteiger partial charge on any atom is -0.444 e. The molecule has 14 nitrogen and oxygen atoms in total. The van der Waals surface area contributed by atoms with E-state index in [1.807, 2.05) is 78.7 Å². The minimum absolute atomic E-state index is 0.102.